The molecule has 0 aliphatic rings. The van der Waals surface area contributed by atoms with Gasteiger partial charge in [0.1, 0.15) is 5.82 Å². The van der Waals surface area contributed by atoms with Crippen LogP contribution in [0.3, 0.4) is 0 Å². The normalized spacial score (nSPS) is 11.1. The van der Waals surface area contributed by atoms with Crippen molar-refractivity contribution >= 4 is 17.6 Å². The molecule has 0 amide bonds. The highest BCUT2D eigenvalue weighted by atomic mass is 19.1. The molecule has 5 nitrogen and oxygen atoms in total. The van der Waals surface area contributed by atoms with Crippen molar-refractivity contribution in [1.82, 2.24) is 0 Å². The summed E-state index contributed by atoms with van der Waals surface area (Å²) in [5.74, 6) is -1.63. The van der Waals surface area contributed by atoms with Crippen molar-refractivity contribution in [3.05, 3.63) is 106 Å². The molecular weight excluding hydrogens is 359 g/mol. The van der Waals surface area contributed by atoms with Crippen molar-refractivity contribution < 1.29 is 18.8 Å². The summed E-state index contributed by atoms with van der Waals surface area (Å²) >= 11 is 0. The molecule has 3 aromatic rings. The molecule has 6 heteroatoms. The van der Waals surface area contributed by atoms with Gasteiger partial charge >= 0.3 is 5.97 Å². The highest BCUT2D eigenvalue weighted by Crippen LogP contribution is 2.17. The fourth-order valence-corrected chi connectivity index (χ4v) is 2.53. The van der Waals surface area contributed by atoms with Crippen LogP contribution in [0.1, 0.15) is 37.4 Å². The minimum absolute atomic E-state index is 0.0729. The summed E-state index contributed by atoms with van der Waals surface area (Å²) in [6, 6.07) is 18.6. The summed E-state index contributed by atoms with van der Waals surface area (Å²) in [6.45, 7) is 1.92. The number of carbonyl (C=O) groups is 2. The lowest BCUT2D eigenvalue weighted by molar-refractivity contribution is 0.0513. The maximum Gasteiger partial charge on any atom is 0.366 e. The molecule has 0 spiro atoms. The fraction of sp³-hybridized carbons (Fsp3) is 0.0455. The molecule has 140 valence electrons. The monoisotopic (exact) mass is 376 g/mol. The quantitative estimate of drug-likeness (QED) is 0.241. The van der Waals surface area contributed by atoms with Gasteiger partial charge < -0.3 is 10.6 Å². The van der Waals surface area contributed by atoms with E-state index in [0.717, 1.165) is 5.56 Å². The first-order valence-electron chi connectivity index (χ1n) is 8.47. The van der Waals surface area contributed by atoms with Crippen molar-refractivity contribution in [1.29, 1.82) is 0 Å². The summed E-state index contributed by atoms with van der Waals surface area (Å²) in [7, 11) is 0. The number of hydrogen-bond donors (Lipinski definition) is 1. The Morgan fingerprint density at radius 2 is 1.43 bits per heavy atom. The lowest BCUT2D eigenvalue weighted by Gasteiger charge is -2.07. The first-order chi connectivity index (χ1) is 13.5. The summed E-state index contributed by atoms with van der Waals surface area (Å²) in [5, 5.41) is 3.60. The van der Waals surface area contributed by atoms with Crippen LogP contribution in [0.4, 0.5) is 4.39 Å². The predicted octanol–water partition coefficient (Wildman–Crippen LogP) is 3.84. The van der Waals surface area contributed by atoms with Crippen LogP contribution in [-0.4, -0.2) is 17.6 Å². The number of amidine groups is 1. The molecule has 0 radical (unpaired) electrons. The van der Waals surface area contributed by atoms with Gasteiger partial charge in [-0.05, 0) is 37.3 Å². The van der Waals surface area contributed by atoms with Crippen molar-refractivity contribution in [3.63, 3.8) is 0 Å². The van der Waals surface area contributed by atoms with Gasteiger partial charge in [-0.1, -0.05) is 53.2 Å². The fourth-order valence-electron chi connectivity index (χ4n) is 2.53. The summed E-state index contributed by atoms with van der Waals surface area (Å²) in [6.07, 6.45) is 0. The third-order valence-corrected chi connectivity index (χ3v) is 4.07. The minimum atomic E-state index is -0.818. The number of aryl methyl sites for hydroxylation is 1. The van der Waals surface area contributed by atoms with Gasteiger partial charge in [0, 0.05) is 16.7 Å². The highest BCUT2D eigenvalue weighted by Gasteiger charge is 2.19. The standard InChI is InChI=1S/C22H17FN2O3/c1-14-6-8-15(9-7-14)20(26)18-4-2-3-5-19(18)22(27)28-25-21(24)16-10-12-17(23)13-11-16/h2-13H,1H3,(H2,24,25). The molecule has 28 heavy (non-hydrogen) atoms. The zero-order chi connectivity index (χ0) is 20.1. The lowest BCUT2D eigenvalue weighted by Crippen LogP contribution is -2.16. The van der Waals surface area contributed by atoms with E-state index in [-0.39, 0.29) is 22.7 Å². The number of hydrogen-bond acceptors (Lipinski definition) is 4. The molecule has 2 N–H and O–H groups in total. The lowest BCUT2D eigenvalue weighted by atomic mass is 9.98. The smallest absolute Gasteiger partial charge is 0.366 e. The van der Waals surface area contributed by atoms with Crippen LogP contribution in [0.15, 0.2) is 78.0 Å². The molecule has 0 aromatic heterocycles. The zero-order valence-electron chi connectivity index (χ0n) is 15.1. The van der Waals surface area contributed by atoms with E-state index in [1.807, 2.05) is 19.1 Å². The highest BCUT2D eigenvalue weighted by molar-refractivity contribution is 6.14. The Bertz CT molecular complexity index is 1040. The summed E-state index contributed by atoms with van der Waals surface area (Å²) < 4.78 is 13.0. The SMILES string of the molecule is Cc1ccc(C(=O)c2ccccc2C(=O)O/N=C(\N)c2ccc(F)cc2)cc1. The van der Waals surface area contributed by atoms with E-state index in [4.69, 9.17) is 10.6 Å². The van der Waals surface area contributed by atoms with Crippen LogP contribution in [0.5, 0.6) is 0 Å². The van der Waals surface area contributed by atoms with Gasteiger partial charge in [-0.25, -0.2) is 9.18 Å². The second kappa shape index (κ2) is 8.26. The molecular formula is C22H17FN2O3. The van der Waals surface area contributed by atoms with Gasteiger partial charge in [0.2, 0.25) is 0 Å². The van der Waals surface area contributed by atoms with Crippen LogP contribution in [0, 0.1) is 12.7 Å². The number of halogens is 1. The molecule has 0 heterocycles. The Morgan fingerprint density at radius 3 is 2.07 bits per heavy atom. The van der Waals surface area contributed by atoms with Gasteiger partial charge in [0.05, 0.1) is 5.56 Å². The minimum Gasteiger partial charge on any atom is -0.380 e. The molecule has 3 rings (SSSR count). The van der Waals surface area contributed by atoms with Gasteiger partial charge in [-0.15, -0.1) is 0 Å². The number of nitrogens with two attached hydrogens (primary N) is 1. The van der Waals surface area contributed by atoms with Crippen molar-refractivity contribution in [3.8, 4) is 0 Å². The first kappa shape index (κ1) is 19.0. The van der Waals surface area contributed by atoms with Crippen LogP contribution in [0.2, 0.25) is 0 Å². The van der Waals surface area contributed by atoms with E-state index in [2.05, 4.69) is 5.16 Å². The van der Waals surface area contributed by atoms with E-state index in [9.17, 15) is 14.0 Å². The maximum absolute atomic E-state index is 13.0. The van der Waals surface area contributed by atoms with Crippen molar-refractivity contribution in [2.75, 3.05) is 0 Å². The van der Waals surface area contributed by atoms with E-state index in [1.165, 1.54) is 30.3 Å². The maximum atomic E-state index is 13.0. The first-order valence-corrected chi connectivity index (χ1v) is 8.47. The molecule has 0 saturated heterocycles. The van der Waals surface area contributed by atoms with Crippen molar-refractivity contribution in [2.45, 2.75) is 6.92 Å². The average molecular weight is 376 g/mol. The molecule has 0 saturated carbocycles. The van der Waals surface area contributed by atoms with E-state index >= 15 is 0 Å². The molecule has 0 bridgehead atoms. The third-order valence-electron chi connectivity index (χ3n) is 4.07. The molecule has 0 aliphatic carbocycles. The third kappa shape index (κ3) is 4.29. The van der Waals surface area contributed by atoms with Crippen LogP contribution < -0.4 is 5.73 Å². The molecule has 0 unspecified atom stereocenters. The summed E-state index contributed by atoms with van der Waals surface area (Å²) in [4.78, 5) is 30.1. The van der Waals surface area contributed by atoms with Gasteiger partial charge in [-0.2, -0.15) is 0 Å². The topological polar surface area (TPSA) is 81.8 Å². The Morgan fingerprint density at radius 1 is 0.857 bits per heavy atom. The Labute approximate surface area is 161 Å². The van der Waals surface area contributed by atoms with Gasteiger partial charge in [-0.3, -0.25) is 4.79 Å². The Kier molecular flexibility index (Phi) is 5.60. The average Bonchev–Trinajstić information content (AvgIpc) is 2.72. The van der Waals surface area contributed by atoms with Crippen molar-refractivity contribution in [2.24, 2.45) is 10.9 Å². The molecule has 0 fully saturated rings. The second-order valence-electron chi connectivity index (χ2n) is 6.10. The largest absolute Gasteiger partial charge is 0.380 e. The number of ketones is 1. The number of oxime groups is 1. The van der Waals surface area contributed by atoms with Crippen LogP contribution in [0.25, 0.3) is 0 Å². The Hall–Kier alpha value is -3.80. The van der Waals surface area contributed by atoms with E-state index in [1.54, 1.807) is 30.3 Å². The van der Waals surface area contributed by atoms with E-state index < -0.39 is 11.8 Å². The molecule has 3 aromatic carbocycles. The molecule has 0 aliphatic heterocycles. The van der Waals surface area contributed by atoms with E-state index in [0.29, 0.717) is 11.1 Å². The Balaban J connectivity index is 1.82. The number of carbonyl (C=O) groups excluding carboxylic acids is 2. The van der Waals surface area contributed by atoms with Gasteiger partial charge in [0.25, 0.3) is 0 Å². The molecule has 0 atom stereocenters. The number of rotatable bonds is 5. The van der Waals surface area contributed by atoms with Gasteiger partial charge in [0.15, 0.2) is 11.6 Å². The summed E-state index contributed by atoms with van der Waals surface area (Å²) in [5.41, 5.74) is 7.91. The van der Waals surface area contributed by atoms with Crippen LogP contribution >= 0.6 is 0 Å². The predicted molar refractivity (Wildman–Crippen MR) is 104 cm³/mol. The second-order valence-corrected chi connectivity index (χ2v) is 6.10. The van der Waals surface area contributed by atoms with Crippen LogP contribution in [-0.2, 0) is 4.84 Å². The number of nitrogens with zero attached hydrogens (tertiary/aromatic N) is 1. The zero-order valence-corrected chi connectivity index (χ0v) is 15.1. The number of benzene rings is 3.